The molecule has 0 atom stereocenters. The molecule has 5 nitrogen and oxygen atoms in total. The Morgan fingerprint density at radius 2 is 1.95 bits per heavy atom. The number of allylic oxidation sites excluding steroid dienone is 4. The van der Waals surface area contributed by atoms with Crippen LogP contribution in [0.4, 0.5) is 23.2 Å². The highest BCUT2D eigenvalue weighted by molar-refractivity contribution is 9.18. The molecule has 0 spiro atoms. The SMILES string of the molecule is C=CN1C(F)=C(c2c(F)ccc(NS(S)(S)c3cc(F)cnc3C)c2F)C=C/C1=C(/CCCC)c1ncc[nH]1. The number of imidazole rings is 1. The summed E-state index contributed by atoms with van der Waals surface area (Å²) in [6, 6.07) is 3.37. The molecule has 0 radical (unpaired) electrons. The molecule has 0 bridgehead atoms. The average molecular weight is 594 g/mol. The Bertz CT molecular complexity index is 1480. The first-order chi connectivity index (χ1) is 18.6. The third-order valence-electron chi connectivity index (χ3n) is 6.08. The van der Waals surface area contributed by atoms with Crippen LogP contribution in [0, 0.1) is 24.4 Å². The summed E-state index contributed by atoms with van der Waals surface area (Å²) < 4.78 is 63.6. The number of benzene rings is 1. The smallest absolute Gasteiger partial charge is 0.206 e. The molecule has 0 amide bonds. The van der Waals surface area contributed by atoms with Crippen molar-refractivity contribution in [2.24, 2.45) is 0 Å². The maximum absolute atomic E-state index is 16.0. The fourth-order valence-corrected chi connectivity index (χ4v) is 7.19. The lowest BCUT2D eigenvalue weighted by Crippen LogP contribution is -2.19. The molecule has 12 heteroatoms. The Kier molecular flexibility index (Phi) is 8.87. The van der Waals surface area contributed by atoms with Gasteiger partial charge in [-0.3, -0.25) is 9.88 Å². The van der Waals surface area contributed by atoms with E-state index in [1.165, 1.54) is 18.3 Å². The molecule has 0 unspecified atom stereocenters. The first-order valence-electron chi connectivity index (χ1n) is 12.0. The van der Waals surface area contributed by atoms with Crippen LogP contribution < -0.4 is 4.72 Å². The quantitative estimate of drug-likeness (QED) is 0.0868. The van der Waals surface area contributed by atoms with E-state index < -0.39 is 37.2 Å². The van der Waals surface area contributed by atoms with Gasteiger partial charge in [0, 0.05) is 34.6 Å². The molecular formula is C27H27F4N5S3. The number of thiol groups is 2. The molecule has 0 fully saturated rings. The summed E-state index contributed by atoms with van der Waals surface area (Å²) in [6.07, 6.45) is 10.8. The summed E-state index contributed by atoms with van der Waals surface area (Å²) in [7, 11) is -2.63. The van der Waals surface area contributed by atoms with Gasteiger partial charge in [0.25, 0.3) is 0 Å². The van der Waals surface area contributed by atoms with Gasteiger partial charge in [-0.05, 0) is 58.4 Å². The number of halogens is 4. The largest absolute Gasteiger partial charge is 0.345 e. The van der Waals surface area contributed by atoms with Gasteiger partial charge in [0.05, 0.1) is 28.8 Å². The average Bonchev–Trinajstić information content (AvgIpc) is 3.43. The van der Waals surface area contributed by atoms with Crippen LogP contribution in [0.15, 0.2) is 78.3 Å². The molecule has 0 saturated heterocycles. The minimum Gasteiger partial charge on any atom is -0.345 e. The molecule has 0 saturated carbocycles. The first-order valence-corrected chi connectivity index (χ1v) is 15.7. The Hall–Kier alpha value is -3.09. The summed E-state index contributed by atoms with van der Waals surface area (Å²) in [4.78, 5) is 12.8. The predicted molar refractivity (Wildman–Crippen MR) is 157 cm³/mol. The molecule has 39 heavy (non-hydrogen) atoms. The van der Waals surface area contributed by atoms with E-state index in [4.69, 9.17) is 0 Å². The standard InChI is InChI=1S/C27H27F4N5S3/c1-4-6-7-18(27-32-12-13-33-27)22-11-8-19(26(31)36(22)5-2)24-20(29)9-10-21(25(24)30)35-39(37,38)23-14-17(28)15-34-16(23)3/h5,8-15,35,37-38H,2,4,6-7H2,1,3H3,(H,32,33)/b22-18+. The van der Waals surface area contributed by atoms with Crippen LogP contribution in [0.2, 0.25) is 0 Å². The van der Waals surface area contributed by atoms with Crippen molar-refractivity contribution in [3.8, 4) is 0 Å². The number of hydrogen-bond acceptors (Lipinski definition) is 6. The van der Waals surface area contributed by atoms with Crippen molar-refractivity contribution in [1.82, 2.24) is 19.9 Å². The van der Waals surface area contributed by atoms with E-state index in [-0.39, 0.29) is 11.3 Å². The van der Waals surface area contributed by atoms with Crippen molar-refractivity contribution in [1.29, 1.82) is 0 Å². The Morgan fingerprint density at radius 3 is 2.62 bits per heavy atom. The number of H-pyrrole nitrogens is 1. The first kappa shape index (κ1) is 28.9. The summed E-state index contributed by atoms with van der Waals surface area (Å²) in [5, 5.41) is 0. The minimum atomic E-state index is -2.63. The van der Waals surface area contributed by atoms with E-state index in [9.17, 15) is 4.39 Å². The molecular weight excluding hydrogens is 567 g/mol. The second-order valence-corrected chi connectivity index (χ2v) is 14.6. The lowest BCUT2D eigenvalue weighted by atomic mass is 9.98. The van der Waals surface area contributed by atoms with Gasteiger partial charge in [-0.15, -0.1) is 0 Å². The number of pyridine rings is 1. The van der Waals surface area contributed by atoms with Gasteiger partial charge >= 0.3 is 0 Å². The Labute approximate surface area is 235 Å². The molecule has 3 heterocycles. The molecule has 206 valence electrons. The van der Waals surface area contributed by atoms with Crippen LogP contribution in [0.5, 0.6) is 0 Å². The highest BCUT2D eigenvalue weighted by Crippen LogP contribution is 2.64. The van der Waals surface area contributed by atoms with Crippen molar-refractivity contribution in [2.45, 2.75) is 38.0 Å². The number of nitrogens with one attached hydrogen (secondary N) is 2. The summed E-state index contributed by atoms with van der Waals surface area (Å²) in [6.45, 7) is 7.39. The zero-order valence-corrected chi connectivity index (χ0v) is 23.8. The van der Waals surface area contributed by atoms with E-state index in [0.717, 1.165) is 41.6 Å². The lowest BCUT2D eigenvalue weighted by Gasteiger charge is -2.32. The summed E-state index contributed by atoms with van der Waals surface area (Å²) >= 11 is 9.02. The summed E-state index contributed by atoms with van der Waals surface area (Å²) in [5.41, 5.74) is 0.545. The molecule has 1 aliphatic heterocycles. The van der Waals surface area contributed by atoms with Crippen LogP contribution in [0.3, 0.4) is 0 Å². The molecule has 2 aromatic heterocycles. The van der Waals surface area contributed by atoms with Gasteiger partial charge in [-0.25, -0.2) is 18.2 Å². The van der Waals surface area contributed by atoms with Gasteiger partial charge < -0.3 is 9.71 Å². The van der Waals surface area contributed by atoms with Gasteiger partial charge in [0.1, 0.15) is 17.5 Å². The van der Waals surface area contributed by atoms with Crippen LogP contribution in [-0.2, 0) is 0 Å². The zero-order valence-electron chi connectivity index (χ0n) is 21.2. The van der Waals surface area contributed by atoms with Crippen LogP contribution in [0.25, 0.3) is 11.1 Å². The lowest BCUT2D eigenvalue weighted by molar-refractivity contribution is 0.421. The Morgan fingerprint density at radius 1 is 1.18 bits per heavy atom. The minimum absolute atomic E-state index is 0.186. The topological polar surface area (TPSA) is 56.8 Å². The van der Waals surface area contributed by atoms with E-state index in [1.807, 2.05) is 6.92 Å². The maximum Gasteiger partial charge on any atom is 0.206 e. The monoisotopic (exact) mass is 593 g/mol. The Balaban J connectivity index is 1.78. The number of hydrogen-bond donors (Lipinski definition) is 4. The number of rotatable bonds is 9. The molecule has 4 rings (SSSR count). The number of unbranched alkanes of at least 4 members (excludes halogenated alkanes) is 1. The van der Waals surface area contributed by atoms with Gasteiger partial charge in [0.2, 0.25) is 5.95 Å². The second kappa shape index (κ2) is 12.0. The van der Waals surface area contributed by atoms with Crippen molar-refractivity contribution in [3.05, 3.63) is 108 Å². The number of anilines is 1. The van der Waals surface area contributed by atoms with Crippen LogP contribution in [-0.4, -0.2) is 19.9 Å². The highest BCUT2D eigenvalue weighted by Gasteiger charge is 2.29. The van der Waals surface area contributed by atoms with E-state index in [0.29, 0.717) is 28.5 Å². The molecule has 0 aliphatic carbocycles. The van der Waals surface area contributed by atoms with E-state index in [1.54, 1.807) is 25.4 Å². The third-order valence-corrected chi connectivity index (χ3v) is 9.34. The second-order valence-electron chi connectivity index (χ2n) is 8.67. The van der Waals surface area contributed by atoms with Gasteiger partial charge in [0.15, 0.2) is 5.82 Å². The fraction of sp³-hybridized carbons (Fsp3) is 0.185. The zero-order chi connectivity index (χ0) is 28.3. The number of aromatic amines is 1. The number of aromatic nitrogens is 3. The molecule has 2 N–H and O–H groups in total. The van der Waals surface area contributed by atoms with E-state index in [2.05, 4.69) is 49.6 Å². The molecule has 1 aromatic carbocycles. The van der Waals surface area contributed by atoms with Crippen LogP contribution in [0.1, 0.15) is 43.3 Å². The van der Waals surface area contributed by atoms with Crippen molar-refractivity contribution in [2.75, 3.05) is 4.72 Å². The molecule has 1 aliphatic rings. The van der Waals surface area contributed by atoms with Crippen molar-refractivity contribution in [3.63, 3.8) is 0 Å². The number of nitrogens with zero attached hydrogens (tertiary/aromatic N) is 3. The normalized spacial score (nSPS) is 15.5. The highest BCUT2D eigenvalue weighted by atomic mass is 33.5. The molecule has 3 aromatic rings. The predicted octanol–water partition coefficient (Wildman–Crippen LogP) is 8.67. The third kappa shape index (κ3) is 5.92. The maximum atomic E-state index is 16.0. The number of aryl methyl sites for hydroxylation is 1. The van der Waals surface area contributed by atoms with E-state index >= 15 is 13.2 Å². The van der Waals surface area contributed by atoms with Crippen LogP contribution >= 0.6 is 31.6 Å². The fourth-order valence-electron chi connectivity index (χ4n) is 4.17. The summed E-state index contributed by atoms with van der Waals surface area (Å²) in [5.74, 6) is -2.97. The van der Waals surface area contributed by atoms with Crippen molar-refractivity contribution >= 4 is 48.4 Å². The van der Waals surface area contributed by atoms with Gasteiger partial charge in [-0.2, -0.15) is 4.39 Å². The van der Waals surface area contributed by atoms with Gasteiger partial charge in [-0.1, -0.05) is 43.2 Å². The van der Waals surface area contributed by atoms with Crippen molar-refractivity contribution < 1.29 is 17.6 Å².